The highest BCUT2D eigenvalue weighted by Crippen LogP contribution is 2.36. The fourth-order valence-electron chi connectivity index (χ4n) is 3.20. The first kappa shape index (κ1) is 20.8. The number of thiazole rings is 1. The van der Waals surface area contributed by atoms with E-state index in [4.69, 9.17) is 0 Å². The van der Waals surface area contributed by atoms with E-state index in [9.17, 15) is 9.18 Å². The minimum atomic E-state index is -0.296. The molecule has 162 valence electrons. The maximum atomic E-state index is 13.3. The highest BCUT2D eigenvalue weighted by molar-refractivity contribution is 7.99. The number of hydrogen-bond donors (Lipinski definition) is 0. The maximum absolute atomic E-state index is 13.3. The summed E-state index contributed by atoms with van der Waals surface area (Å²) < 4.78 is 15.1. The Morgan fingerprint density at radius 1 is 1.16 bits per heavy atom. The SMILES string of the molecule is O=C(CSc1nnnn1C1CC1)N(Cc1ccccc1)c1nc(-c2ccc(F)cc2)cs1. The van der Waals surface area contributed by atoms with Gasteiger partial charge in [0.25, 0.3) is 0 Å². The number of halogens is 1. The quantitative estimate of drug-likeness (QED) is 0.353. The van der Waals surface area contributed by atoms with Gasteiger partial charge in [0, 0.05) is 10.9 Å². The number of hydrogen-bond acceptors (Lipinski definition) is 7. The average molecular weight is 467 g/mol. The molecule has 0 radical (unpaired) electrons. The molecule has 0 aliphatic heterocycles. The van der Waals surface area contributed by atoms with Gasteiger partial charge in [-0.25, -0.2) is 14.1 Å². The van der Waals surface area contributed by atoms with Crippen molar-refractivity contribution in [3.63, 3.8) is 0 Å². The van der Waals surface area contributed by atoms with E-state index >= 15 is 0 Å². The summed E-state index contributed by atoms with van der Waals surface area (Å²) in [5.74, 6) is -0.175. The normalized spacial score (nSPS) is 13.3. The standard InChI is InChI=1S/C22H19FN6OS2/c23-17-8-6-16(7-9-17)19-13-31-21(24-19)28(12-15-4-2-1-3-5-15)20(30)14-32-22-25-26-27-29(22)18-10-11-18/h1-9,13,18H,10-12,14H2. The molecule has 1 aliphatic rings. The lowest BCUT2D eigenvalue weighted by Crippen LogP contribution is -2.32. The second-order valence-corrected chi connectivity index (χ2v) is 9.19. The van der Waals surface area contributed by atoms with E-state index in [1.54, 1.807) is 21.7 Å². The predicted molar refractivity (Wildman–Crippen MR) is 122 cm³/mol. The van der Waals surface area contributed by atoms with Crippen LogP contribution >= 0.6 is 23.1 Å². The van der Waals surface area contributed by atoms with Crippen LogP contribution in [-0.4, -0.2) is 36.9 Å². The number of benzene rings is 2. The van der Waals surface area contributed by atoms with Gasteiger partial charge < -0.3 is 0 Å². The Morgan fingerprint density at radius 2 is 1.94 bits per heavy atom. The van der Waals surface area contributed by atoms with Gasteiger partial charge in [-0.05, 0) is 53.1 Å². The van der Waals surface area contributed by atoms with Gasteiger partial charge in [-0.15, -0.1) is 16.4 Å². The Bertz CT molecular complexity index is 1210. The van der Waals surface area contributed by atoms with Crippen molar-refractivity contribution in [2.75, 3.05) is 10.7 Å². The van der Waals surface area contributed by atoms with Crippen molar-refractivity contribution in [1.82, 2.24) is 25.2 Å². The molecule has 0 N–H and O–H groups in total. The van der Waals surface area contributed by atoms with E-state index in [-0.39, 0.29) is 17.5 Å². The van der Waals surface area contributed by atoms with E-state index in [0.29, 0.717) is 28.6 Å². The van der Waals surface area contributed by atoms with Gasteiger partial charge in [0.1, 0.15) is 5.82 Å². The molecule has 0 saturated heterocycles. The van der Waals surface area contributed by atoms with Crippen LogP contribution in [0.3, 0.4) is 0 Å². The van der Waals surface area contributed by atoms with Crippen molar-refractivity contribution >= 4 is 34.1 Å². The summed E-state index contributed by atoms with van der Waals surface area (Å²) in [6, 6.07) is 16.3. The smallest absolute Gasteiger partial charge is 0.239 e. The summed E-state index contributed by atoms with van der Waals surface area (Å²) >= 11 is 2.73. The van der Waals surface area contributed by atoms with Crippen LogP contribution < -0.4 is 4.90 Å². The molecule has 0 bridgehead atoms. The Labute approximate surface area is 192 Å². The molecule has 5 rings (SSSR count). The second-order valence-electron chi connectivity index (χ2n) is 7.41. The molecule has 1 fully saturated rings. The van der Waals surface area contributed by atoms with Crippen LogP contribution in [0.4, 0.5) is 9.52 Å². The lowest BCUT2D eigenvalue weighted by Gasteiger charge is -2.20. The molecule has 4 aromatic rings. The molecule has 2 aromatic heterocycles. The summed E-state index contributed by atoms with van der Waals surface area (Å²) in [6.45, 7) is 0.407. The minimum Gasteiger partial charge on any atom is -0.283 e. The highest BCUT2D eigenvalue weighted by atomic mass is 32.2. The van der Waals surface area contributed by atoms with E-state index in [0.717, 1.165) is 24.0 Å². The molecular weight excluding hydrogens is 447 g/mol. The molecule has 2 heterocycles. The van der Waals surface area contributed by atoms with E-state index in [2.05, 4.69) is 20.5 Å². The third-order valence-corrected chi connectivity index (χ3v) is 6.81. The van der Waals surface area contributed by atoms with Crippen LogP contribution in [0.25, 0.3) is 11.3 Å². The van der Waals surface area contributed by atoms with Crippen molar-refractivity contribution in [2.24, 2.45) is 0 Å². The van der Waals surface area contributed by atoms with Crippen molar-refractivity contribution in [3.05, 3.63) is 71.4 Å². The lowest BCUT2D eigenvalue weighted by atomic mass is 10.2. The van der Waals surface area contributed by atoms with Crippen LogP contribution in [0.5, 0.6) is 0 Å². The zero-order valence-corrected chi connectivity index (χ0v) is 18.6. The number of aromatic nitrogens is 5. The van der Waals surface area contributed by atoms with Crippen molar-refractivity contribution in [3.8, 4) is 11.3 Å². The molecular formula is C22H19FN6OS2. The highest BCUT2D eigenvalue weighted by Gasteiger charge is 2.29. The Morgan fingerprint density at radius 3 is 2.69 bits per heavy atom. The fourth-order valence-corrected chi connectivity index (χ4v) is 4.87. The van der Waals surface area contributed by atoms with Crippen molar-refractivity contribution < 1.29 is 9.18 Å². The van der Waals surface area contributed by atoms with Crippen LogP contribution in [0.2, 0.25) is 0 Å². The van der Waals surface area contributed by atoms with Crippen LogP contribution in [0, 0.1) is 5.82 Å². The topological polar surface area (TPSA) is 76.8 Å². The zero-order chi connectivity index (χ0) is 21.9. The molecule has 1 aliphatic carbocycles. The minimum absolute atomic E-state index is 0.0794. The number of anilines is 1. The predicted octanol–water partition coefficient (Wildman–Crippen LogP) is 4.60. The number of carbonyl (C=O) groups is 1. The van der Waals surface area contributed by atoms with Crippen LogP contribution in [-0.2, 0) is 11.3 Å². The first-order valence-corrected chi connectivity index (χ1v) is 12.0. The number of rotatable bonds is 8. The fraction of sp³-hybridized carbons (Fsp3) is 0.227. The number of amides is 1. The summed E-state index contributed by atoms with van der Waals surface area (Å²) in [7, 11) is 0. The third-order valence-electron chi connectivity index (χ3n) is 5.03. The van der Waals surface area contributed by atoms with E-state index < -0.39 is 0 Å². The van der Waals surface area contributed by atoms with E-state index in [1.165, 1.54) is 35.2 Å². The molecule has 32 heavy (non-hydrogen) atoms. The van der Waals surface area contributed by atoms with Crippen molar-refractivity contribution in [1.29, 1.82) is 0 Å². The number of tetrazole rings is 1. The number of nitrogens with zero attached hydrogens (tertiary/aromatic N) is 6. The summed E-state index contributed by atoms with van der Waals surface area (Å²) in [5.41, 5.74) is 2.52. The number of carbonyl (C=O) groups excluding carboxylic acids is 1. The zero-order valence-electron chi connectivity index (χ0n) is 17.0. The van der Waals surface area contributed by atoms with Crippen LogP contribution in [0.1, 0.15) is 24.4 Å². The Hall–Kier alpha value is -3.11. The van der Waals surface area contributed by atoms with Gasteiger partial charge in [-0.3, -0.25) is 9.69 Å². The monoisotopic (exact) mass is 466 g/mol. The molecule has 2 aromatic carbocycles. The van der Waals surface area contributed by atoms with Crippen LogP contribution in [0.15, 0.2) is 65.1 Å². The Kier molecular flexibility index (Phi) is 5.95. The lowest BCUT2D eigenvalue weighted by molar-refractivity contribution is -0.116. The maximum Gasteiger partial charge on any atom is 0.239 e. The van der Waals surface area contributed by atoms with E-state index in [1.807, 2.05) is 35.7 Å². The summed E-state index contributed by atoms with van der Waals surface area (Å²) in [5, 5.41) is 15.0. The summed E-state index contributed by atoms with van der Waals surface area (Å²) in [6.07, 6.45) is 2.13. The Balaban J connectivity index is 1.37. The van der Waals surface area contributed by atoms with Gasteiger partial charge in [0.15, 0.2) is 5.13 Å². The van der Waals surface area contributed by atoms with Gasteiger partial charge in [0.2, 0.25) is 11.1 Å². The summed E-state index contributed by atoms with van der Waals surface area (Å²) in [4.78, 5) is 19.6. The molecule has 0 atom stereocenters. The number of thioether (sulfide) groups is 1. The molecule has 0 spiro atoms. The molecule has 1 saturated carbocycles. The second kappa shape index (κ2) is 9.17. The largest absolute Gasteiger partial charge is 0.283 e. The molecule has 1 amide bonds. The average Bonchev–Trinajstić information content (AvgIpc) is 3.35. The van der Waals surface area contributed by atoms with Gasteiger partial charge in [0.05, 0.1) is 24.0 Å². The van der Waals surface area contributed by atoms with Gasteiger partial charge in [-0.1, -0.05) is 42.1 Å². The molecule has 0 unspecified atom stereocenters. The first-order chi connectivity index (χ1) is 15.7. The van der Waals surface area contributed by atoms with Gasteiger partial charge >= 0.3 is 0 Å². The van der Waals surface area contributed by atoms with Crippen molar-refractivity contribution in [2.45, 2.75) is 30.6 Å². The third kappa shape index (κ3) is 4.71. The molecule has 7 nitrogen and oxygen atoms in total. The first-order valence-electron chi connectivity index (χ1n) is 10.1. The molecule has 10 heteroatoms. The van der Waals surface area contributed by atoms with Gasteiger partial charge in [-0.2, -0.15) is 0 Å².